The summed E-state index contributed by atoms with van der Waals surface area (Å²) >= 11 is 4.12. The summed E-state index contributed by atoms with van der Waals surface area (Å²) < 4.78 is 5.42. The number of rotatable bonds is 0. The highest BCUT2D eigenvalue weighted by atomic mass is 32.1. The van der Waals surface area contributed by atoms with Crippen molar-refractivity contribution < 1.29 is 4.74 Å². The Hall–Kier alpha value is -1.48. The first-order valence-electron chi connectivity index (χ1n) is 4.32. The summed E-state index contributed by atoms with van der Waals surface area (Å²) in [7, 11) is 0. The third kappa shape index (κ3) is 1.02. The van der Waals surface area contributed by atoms with Crippen LogP contribution in [0, 0.1) is 0 Å². The fourth-order valence-corrected chi connectivity index (χ4v) is 1.90. The minimum absolute atomic E-state index is 0.399. The van der Waals surface area contributed by atoms with Crippen molar-refractivity contribution in [2.75, 3.05) is 0 Å². The first-order chi connectivity index (χ1) is 6.84. The van der Waals surface area contributed by atoms with Crippen molar-refractivity contribution in [2.45, 2.75) is 0 Å². The largest absolute Gasteiger partial charge is 0.433 e. The van der Waals surface area contributed by atoms with E-state index in [2.05, 4.69) is 17.6 Å². The van der Waals surface area contributed by atoms with E-state index >= 15 is 0 Å². The highest BCUT2D eigenvalue weighted by Gasteiger charge is 2.13. The van der Waals surface area contributed by atoms with Crippen molar-refractivity contribution in [3.8, 4) is 5.75 Å². The molecule has 0 atom stereocenters. The lowest BCUT2D eigenvalue weighted by molar-refractivity contribution is 0.570. The molecular formula is C11H7NOS. The fraction of sp³-hybridized carbons (Fsp3) is 0. The first kappa shape index (κ1) is 7.88. The zero-order valence-corrected chi connectivity index (χ0v) is 8.16. The van der Waals surface area contributed by atoms with Gasteiger partial charge in [0.1, 0.15) is 5.75 Å². The topological polar surface area (TPSA) is 21.6 Å². The van der Waals surface area contributed by atoms with Gasteiger partial charge in [-0.05, 0) is 17.5 Å². The quantitative estimate of drug-likeness (QED) is 0.650. The van der Waals surface area contributed by atoms with Crippen molar-refractivity contribution in [2.24, 2.45) is 4.99 Å². The maximum absolute atomic E-state index is 5.42. The lowest BCUT2D eigenvalue weighted by Gasteiger charge is -2.14. The van der Waals surface area contributed by atoms with E-state index in [9.17, 15) is 0 Å². The summed E-state index contributed by atoms with van der Waals surface area (Å²) in [5.74, 6) is 0.832. The van der Waals surface area contributed by atoms with Crippen molar-refractivity contribution >= 4 is 34.3 Å². The van der Waals surface area contributed by atoms with Gasteiger partial charge in [0.05, 0.1) is 11.1 Å². The lowest BCUT2D eigenvalue weighted by Crippen LogP contribution is -2.03. The van der Waals surface area contributed by atoms with Crippen molar-refractivity contribution in [3.63, 3.8) is 0 Å². The number of thiol groups is 1. The molecule has 0 unspecified atom stereocenters. The molecule has 0 bridgehead atoms. The molecule has 2 nitrogen and oxygen atoms in total. The molecule has 1 heterocycles. The fourth-order valence-electron chi connectivity index (χ4n) is 1.69. The van der Waals surface area contributed by atoms with Crippen LogP contribution in [0.25, 0.3) is 10.8 Å². The van der Waals surface area contributed by atoms with Gasteiger partial charge in [0.25, 0.3) is 5.23 Å². The zero-order valence-electron chi connectivity index (χ0n) is 7.27. The molecule has 3 heteroatoms. The highest BCUT2D eigenvalue weighted by Crippen LogP contribution is 2.37. The van der Waals surface area contributed by atoms with Crippen LogP contribution in [0.1, 0.15) is 0 Å². The Morgan fingerprint density at radius 3 is 2.71 bits per heavy atom. The van der Waals surface area contributed by atoms with Crippen LogP contribution in [-0.4, -0.2) is 5.23 Å². The van der Waals surface area contributed by atoms with Crippen LogP contribution in [0.4, 0.5) is 5.69 Å². The molecule has 0 saturated carbocycles. The molecule has 14 heavy (non-hydrogen) atoms. The maximum Gasteiger partial charge on any atom is 0.253 e. The second-order valence-electron chi connectivity index (χ2n) is 3.13. The van der Waals surface area contributed by atoms with Gasteiger partial charge >= 0.3 is 0 Å². The van der Waals surface area contributed by atoms with Gasteiger partial charge in [0.2, 0.25) is 0 Å². The molecule has 0 amide bonds. The maximum atomic E-state index is 5.42. The molecule has 0 aromatic heterocycles. The summed E-state index contributed by atoms with van der Waals surface area (Å²) in [5, 5.41) is 2.61. The Balaban J connectivity index is 2.50. The number of hydrogen-bond acceptors (Lipinski definition) is 2. The Bertz CT molecular complexity index is 543. The van der Waals surface area contributed by atoms with Gasteiger partial charge in [-0.2, -0.15) is 0 Å². The minimum atomic E-state index is 0.399. The second-order valence-corrected chi connectivity index (χ2v) is 3.51. The Morgan fingerprint density at radius 2 is 1.86 bits per heavy atom. The third-order valence-corrected chi connectivity index (χ3v) is 2.45. The number of nitrogens with zero attached hydrogens (tertiary/aromatic N) is 1. The van der Waals surface area contributed by atoms with Crippen molar-refractivity contribution in [3.05, 3.63) is 36.4 Å². The van der Waals surface area contributed by atoms with E-state index in [1.165, 1.54) is 0 Å². The van der Waals surface area contributed by atoms with Gasteiger partial charge < -0.3 is 4.74 Å². The van der Waals surface area contributed by atoms with Gasteiger partial charge in [-0.3, -0.25) is 0 Å². The van der Waals surface area contributed by atoms with Crippen LogP contribution in [0.15, 0.2) is 41.4 Å². The second kappa shape index (κ2) is 2.75. The molecule has 0 radical (unpaired) electrons. The lowest BCUT2D eigenvalue weighted by atomic mass is 10.1. The smallest absolute Gasteiger partial charge is 0.253 e. The molecule has 0 fully saturated rings. The SMILES string of the molecule is SC1=Nc2cccc3cccc(c23)O1. The Morgan fingerprint density at radius 1 is 1.07 bits per heavy atom. The molecule has 3 rings (SSSR count). The number of hydrogen-bond donors (Lipinski definition) is 1. The van der Waals surface area contributed by atoms with Crippen molar-refractivity contribution in [1.29, 1.82) is 0 Å². The van der Waals surface area contributed by atoms with Gasteiger partial charge in [-0.25, -0.2) is 4.99 Å². The molecule has 1 aliphatic rings. The summed E-state index contributed by atoms with van der Waals surface area (Å²) in [6.45, 7) is 0. The van der Waals surface area contributed by atoms with E-state index in [1.54, 1.807) is 0 Å². The zero-order chi connectivity index (χ0) is 9.54. The molecule has 0 N–H and O–H groups in total. The molecule has 0 spiro atoms. The van der Waals surface area contributed by atoms with Crippen LogP contribution >= 0.6 is 12.6 Å². The number of aliphatic imine (C=N–C) groups is 1. The van der Waals surface area contributed by atoms with Gasteiger partial charge in [0.15, 0.2) is 0 Å². The molecule has 1 aliphatic heterocycles. The predicted octanol–water partition coefficient (Wildman–Crippen LogP) is 3.15. The first-order valence-corrected chi connectivity index (χ1v) is 4.76. The van der Waals surface area contributed by atoms with Crippen LogP contribution < -0.4 is 4.74 Å². The third-order valence-electron chi connectivity index (χ3n) is 2.26. The standard InChI is InChI=1S/C11H7NOS/c14-11-12-8-5-1-3-7-4-2-6-9(13-11)10(7)8/h1-6H,(H,12,14). The summed E-state index contributed by atoms with van der Waals surface area (Å²) in [6, 6.07) is 11.9. The molecule has 2 aromatic rings. The van der Waals surface area contributed by atoms with Gasteiger partial charge in [0, 0.05) is 0 Å². The number of ether oxygens (including phenoxy) is 1. The Kier molecular flexibility index (Phi) is 1.55. The normalized spacial score (nSPS) is 13.6. The predicted molar refractivity (Wildman–Crippen MR) is 60.7 cm³/mol. The molecule has 0 aliphatic carbocycles. The summed E-state index contributed by atoms with van der Waals surface area (Å²) in [4.78, 5) is 4.22. The van der Waals surface area contributed by atoms with E-state index in [1.807, 2.05) is 36.4 Å². The highest BCUT2D eigenvalue weighted by molar-refractivity contribution is 7.96. The monoisotopic (exact) mass is 201 g/mol. The Labute approximate surface area is 86.6 Å². The van der Waals surface area contributed by atoms with Crippen LogP contribution in [-0.2, 0) is 0 Å². The van der Waals surface area contributed by atoms with Crippen LogP contribution in [0.3, 0.4) is 0 Å². The molecule has 2 aromatic carbocycles. The van der Waals surface area contributed by atoms with Crippen LogP contribution in [0.2, 0.25) is 0 Å². The molecule has 0 saturated heterocycles. The summed E-state index contributed by atoms with van der Waals surface area (Å²) in [5.41, 5.74) is 0.925. The molecule has 68 valence electrons. The van der Waals surface area contributed by atoms with E-state index in [4.69, 9.17) is 4.74 Å². The van der Waals surface area contributed by atoms with Crippen LogP contribution in [0.5, 0.6) is 5.75 Å². The van der Waals surface area contributed by atoms with E-state index in [-0.39, 0.29) is 0 Å². The average molecular weight is 201 g/mol. The van der Waals surface area contributed by atoms with E-state index in [0.717, 1.165) is 22.2 Å². The van der Waals surface area contributed by atoms with Gasteiger partial charge in [-0.1, -0.05) is 36.9 Å². The van der Waals surface area contributed by atoms with E-state index in [0.29, 0.717) is 5.23 Å². The molecular weight excluding hydrogens is 194 g/mol. The van der Waals surface area contributed by atoms with E-state index < -0.39 is 0 Å². The summed E-state index contributed by atoms with van der Waals surface area (Å²) in [6.07, 6.45) is 0. The van der Waals surface area contributed by atoms with Crippen molar-refractivity contribution in [1.82, 2.24) is 0 Å². The number of benzene rings is 2. The average Bonchev–Trinajstić information content (AvgIpc) is 2.18. The van der Waals surface area contributed by atoms with Gasteiger partial charge in [-0.15, -0.1) is 0 Å². The minimum Gasteiger partial charge on any atom is -0.433 e.